The lowest BCUT2D eigenvalue weighted by atomic mass is 9.57. The third kappa shape index (κ3) is 5.37. The quantitative estimate of drug-likeness (QED) is 0.146. The molecule has 0 spiro atoms. The van der Waals surface area contributed by atoms with Crippen molar-refractivity contribution in [2.45, 2.75) is 67.9 Å². The summed E-state index contributed by atoms with van der Waals surface area (Å²) in [6.07, 6.45) is 1.03. The topological polar surface area (TPSA) is 132 Å². The van der Waals surface area contributed by atoms with Gasteiger partial charge in [0.15, 0.2) is 11.2 Å². The van der Waals surface area contributed by atoms with Crippen molar-refractivity contribution >= 4 is 20.0 Å². The van der Waals surface area contributed by atoms with Gasteiger partial charge in [-0.3, -0.25) is 4.57 Å². The highest BCUT2D eigenvalue weighted by atomic mass is 28.3. The predicted octanol–water partition coefficient (Wildman–Crippen LogP) is 5.16. The maximum Gasteiger partial charge on any atom is 0.242 e. The van der Waals surface area contributed by atoms with Crippen LogP contribution in [0.15, 0.2) is 91.5 Å². The van der Waals surface area contributed by atoms with Crippen LogP contribution in [0.1, 0.15) is 50.1 Å². The Hall–Kier alpha value is -4.29. The van der Waals surface area contributed by atoms with Crippen molar-refractivity contribution in [3.05, 3.63) is 108 Å². The number of benzene rings is 3. The van der Waals surface area contributed by atoms with Crippen LogP contribution in [0, 0.1) is 0 Å². The van der Waals surface area contributed by atoms with Crippen molar-refractivity contribution in [2.24, 2.45) is 0 Å². The third-order valence-corrected chi connectivity index (χ3v) is 14.1. The number of aromatic nitrogens is 4. The second-order valence-corrected chi connectivity index (χ2v) is 17.4. The molecule has 11 heteroatoms. The normalized spacial score (nSPS) is 21.4. The number of aromatic hydroxyl groups is 1. The van der Waals surface area contributed by atoms with E-state index in [0.29, 0.717) is 17.1 Å². The minimum Gasteiger partial charge on any atom is -0.497 e. The van der Waals surface area contributed by atoms with E-state index in [-0.39, 0.29) is 22.9 Å². The van der Waals surface area contributed by atoms with Crippen LogP contribution in [0.5, 0.6) is 17.4 Å². The van der Waals surface area contributed by atoms with Crippen molar-refractivity contribution < 1.29 is 29.5 Å². The SMILES string of the molecule is COc1ccc(C(c2ccccc2)(c2ccc(OC)cc2)[C@]2(O)C[C@H](n3cnc4c(O)ncnc43)O[C@@H]2C(O)[SiH](C)C(C)(C)C)cc1. The Labute approximate surface area is 276 Å². The average molecular weight is 655 g/mol. The molecule has 3 aromatic carbocycles. The highest BCUT2D eigenvalue weighted by molar-refractivity contribution is 6.62. The van der Waals surface area contributed by atoms with E-state index in [2.05, 4.69) is 42.3 Å². The Morgan fingerprint density at radius 2 is 1.43 bits per heavy atom. The van der Waals surface area contributed by atoms with E-state index in [1.807, 2.05) is 78.9 Å². The fraction of sp³-hybridized carbons (Fsp3) is 0.361. The number of methoxy groups -OCH3 is 2. The van der Waals surface area contributed by atoms with Gasteiger partial charge in [-0.2, -0.15) is 4.98 Å². The van der Waals surface area contributed by atoms with Crippen LogP contribution in [0.3, 0.4) is 0 Å². The summed E-state index contributed by atoms with van der Waals surface area (Å²) in [6.45, 7) is 8.49. The molecule has 5 atom stereocenters. The lowest BCUT2D eigenvalue weighted by molar-refractivity contribution is -0.114. The number of ether oxygens (including phenoxy) is 3. The number of nitrogens with zero attached hydrogens (tertiary/aromatic N) is 4. The molecule has 6 rings (SSSR count). The first-order valence-electron chi connectivity index (χ1n) is 15.7. The number of hydrogen-bond acceptors (Lipinski definition) is 9. The smallest absolute Gasteiger partial charge is 0.242 e. The molecule has 1 aliphatic rings. The summed E-state index contributed by atoms with van der Waals surface area (Å²) in [5.74, 6) is 1.10. The van der Waals surface area contributed by atoms with Crippen LogP contribution >= 0.6 is 0 Å². The van der Waals surface area contributed by atoms with Gasteiger partial charge in [-0.05, 0) is 46.0 Å². The second kappa shape index (κ2) is 12.4. The summed E-state index contributed by atoms with van der Waals surface area (Å²) in [7, 11) is 1.21. The number of fused-ring (bicyclic) bond motifs is 1. The number of hydrogen-bond donors (Lipinski definition) is 3. The molecule has 5 aromatic rings. The lowest BCUT2D eigenvalue weighted by Gasteiger charge is -2.51. The Balaban J connectivity index is 1.67. The standard InChI is InChI=1S/C36H42N4O6Si/c1-34(2,3)47(6)33(42)30-35(43,20-28(46-30)40-22-39-29-31(40)37-21-38-32(29)41)36(23-10-8-7-9-11-23,24-12-16-26(44-4)17-13-24)25-14-18-27(45-5)19-15-25/h7-19,21-22,28,30,33,42-43,47H,20H2,1-6H3,(H,37,38,41)/t28-,30-,33?,35+,47?/m1/s1. The fourth-order valence-electron chi connectivity index (χ4n) is 7.05. The van der Waals surface area contributed by atoms with E-state index in [1.54, 1.807) is 18.8 Å². The number of rotatable bonds is 9. The first-order valence-corrected chi connectivity index (χ1v) is 18.1. The molecule has 3 N–H and O–H groups in total. The first kappa shape index (κ1) is 32.6. The van der Waals surface area contributed by atoms with E-state index >= 15 is 0 Å². The van der Waals surface area contributed by atoms with Crippen molar-refractivity contribution in [1.29, 1.82) is 0 Å². The molecule has 0 bridgehead atoms. The predicted molar refractivity (Wildman–Crippen MR) is 182 cm³/mol. The molecule has 1 aliphatic heterocycles. The second-order valence-electron chi connectivity index (χ2n) is 13.4. The van der Waals surface area contributed by atoms with Gasteiger partial charge in [0.05, 0.1) is 40.5 Å². The van der Waals surface area contributed by atoms with Gasteiger partial charge < -0.3 is 29.5 Å². The van der Waals surface area contributed by atoms with Gasteiger partial charge in [-0.15, -0.1) is 0 Å². The number of aliphatic hydroxyl groups is 2. The van der Waals surface area contributed by atoms with Gasteiger partial charge >= 0.3 is 0 Å². The molecule has 1 fully saturated rings. The van der Waals surface area contributed by atoms with Crippen LogP contribution in [0.4, 0.5) is 0 Å². The molecule has 47 heavy (non-hydrogen) atoms. The minimum absolute atomic E-state index is 0.0587. The lowest BCUT2D eigenvalue weighted by Crippen LogP contribution is -2.63. The summed E-state index contributed by atoms with van der Waals surface area (Å²) in [5.41, 5.74) is -0.964. The Morgan fingerprint density at radius 1 is 0.872 bits per heavy atom. The summed E-state index contributed by atoms with van der Waals surface area (Å²) < 4.78 is 19.7. The Kier molecular flexibility index (Phi) is 8.60. The Morgan fingerprint density at radius 3 is 1.96 bits per heavy atom. The van der Waals surface area contributed by atoms with Gasteiger partial charge in [0.2, 0.25) is 5.88 Å². The molecule has 2 unspecified atom stereocenters. The van der Waals surface area contributed by atoms with Gasteiger partial charge in [0, 0.05) is 6.42 Å². The minimum atomic E-state index is -2.02. The van der Waals surface area contributed by atoms with Gasteiger partial charge in [-0.1, -0.05) is 81.9 Å². The maximum absolute atomic E-state index is 13.8. The van der Waals surface area contributed by atoms with Gasteiger partial charge in [-0.25, -0.2) is 9.97 Å². The zero-order valence-corrected chi connectivity index (χ0v) is 28.7. The molecule has 0 saturated carbocycles. The molecule has 10 nitrogen and oxygen atoms in total. The van der Waals surface area contributed by atoms with E-state index in [1.165, 1.54) is 12.7 Å². The molecule has 0 aliphatic carbocycles. The van der Waals surface area contributed by atoms with Crippen molar-refractivity contribution in [1.82, 2.24) is 19.5 Å². The Bertz CT molecular complexity index is 1780. The zero-order chi connectivity index (χ0) is 33.6. The van der Waals surface area contributed by atoms with Crippen LogP contribution in [-0.4, -0.2) is 75.3 Å². The largest absolute Gasteiger partial charge is 0.497 e. The van der Waals surface area contributed by atoms with E-state index in [9.17, 15) is 15.3 Å². The molecule has 0 amide bonds. The van der Waals surface area contributed by atoms with Gasteiger partial charge in [0.1, 0.15) is 35.8 Å². The average Bonchev–Trinajstić information content (AvgIpc) is 3.67. The number of imidazole rings is 1. The molecule has 2 aromatic heterocycles. The van der Waals surface area contributed by atoms with E-state index < -0.39 is 37.9 Å². The molecular weight excluding hydrogens is 613 g/mol. The summed E-state index contributed by atoms with van der Waals surface area (Å²) in [4.78, 5) is 12.7. The van der Waals surface area contributed by atoms with Crippen LogP contribution < -0.4 is 9.47 Å². The summed E-state index contributed by atoms with van der Waals surface area (Å²) in [5, 5.41) is 36.4. The van der Waals surface area contributed by atoms with Crippen LogP contribution in [0.25, 0.3) is 11.2 Å². The number of aliphatic hydroxyl groups excluding tert-OH is 1. The van der Waals surface area contributed by atoms with Crippen molar-refractivity contribution in [3.63, 3.8) is 0 Å². The molecule has 246 valence electrons. The summed E-state index contributed by atoms with van der Waals surface area (Å²) in [6, 6.07) is 25.3. The molecule has 3 heterocycles. The zero-order valence-electron chi connectivity index (χ0n) is 27.5. The van der Waals surface area contributed by atoms with Crippen molar-refractivity contribution in [2.75, 3.05) is 14.2 Å². The van der Waals surface area contributed by atoms with Crippen molar-refractivity contribution in [3.8, 4) is 17.4 Å². The monoisotopic (exact) mass is 654 g/mol. The van der Waals surface area contributed by atoms with Crippen LogP contribution in [-0.2, 0) is 10.2 Å². The van der Waals surface area contributed by atoms with E-state index in [0.717, 1.165) is 16.7 Å². The molecule has 1 saturated heterocycles. The van der Waals surface area contributed by atoms with Gasteiger partial charge in [0.25, 0.3) is 0 Å². The first-order chi connectivity index (χ1) is 22.4. The highest BCUT2D eigenvalue weighted by Crippen LogP contribution is 2.57. The molecular formula is C36H42N4O6Si. The van der Waals surface area contributed by atoms with Crippen LogP contribution in [0.2, 0.25) is 11.6 Å². The third-order valence-electron chi connectivity index (χ3n) is 10.0. The maximum atomic E-state index is 13.8. The fourth-order valence-corrected chi connectivity index (χ4v) is 9.01. The summed E-state index contributed by atoms with van der Waals surface area (Å²) >= 11 is 0. The van der Waals surface area contributed by atoms with E-state index in [4.69, 9.17) is 14.2 Å². The highest BCUT2D eigenvalue weighted by Gasteiger charge is 2.65. The molecule has 0 radical (unpaired) electrons.